The monoisotopic (exact) mass is 378 g/mol. The second-order valence-electron chi connectivity index (χ2n) is 6.43. The van der Waals surface area contributed by atoms with Crippen LogP contribution in [0.4, 0.5) is 0 Å². The van der Waals surface area contributed by atoms with E-state index in [1.54, 1.807) is 24.3 Å². The molecule has 1 aromatic carbocycles. The van der Waals surface area contributed by atoms with Gasteiger partial charge < -0.3 is 4.74 Å². The molecule has 2 bridgehead atoms. The highest BCUT2D eigenvalue weighted by Gasteiger charge is 2.41. The first-order valence-electron chi connectivity index (χ1n) is 8.03. The molecule has 1 aromatic rings. The van der Waals surface area contributed by atoms with Gasteiger partial charge >= 0.3 is 5.97 Å². The predicted octanol–water partition coefficient (Wildman–Crippen LogP) is 3.57. The summed E-state index contributed by atoms with van der Waals surface area (Å²) in [4.78, 5) is 36.3. The van der Waals surface area contributed by atoms with Crippen LogP contribution in [0.25, 0.3) is 0 Å². The van der Waals surface area contributed by atoms with Crippen molar-refractivity contribution in [2.75, 3.05) is 6.61 Å². The summed E-state index contributed by atoms with van der Waals surface area (Å²) in [5, 5.41) is 0. The van der Waals surface area contributed by atoms with Gasteiger partial charge in [0.25, 0.3) is 0 Å². The molecule has 0 aliphatic heterocycles. The van der Waals surface area contributed by atoms with Crippen LogP contribution in [0, 0.1) is 17.8 Å². The maximum Gasteiger partial charge on any atom is 0.309 e. The second-order valence-corrected chi connectivity index (χ2v) is 7.35. The maximum absolute atomic E-state index is 12.2. The summed E-state index contributed by atoms with van der Waals surface area (Å²) >= 11 is 3.31. The highest BCUT2D eigenvalue weighted by atomic mass is 79.9. The highest BCUT2D eigenvalue weighted by Crippen LogP contribution is 2.40. The van der Waals surface area contributed by atoms with Crippen molar-refractivity contribution in [3.63, 3.8) is 0 Å². The minimum atomic E-state index is -0.333. The molecule has 5 heteroatoms. The molecule has 2 saturated carbocycles. The van der Waals surface area contributed by atoms with Crippen LogP contribution in [0.2, 0.25) is 0 Å². The Labute approximate surface area is 143 Å². The first kappa shape index (κ1) is 16.4. The predicted molar refractivity (Wildman–Crippen MR) is 88.0 cm³/mol. The van der Waals surface area contributed by atoms with Gasteiger partial charge in [-0.1, -0.05) is 34.5 Å². The van der Waals surface area contributed by atoms with Crippen LogP contribution in [0.5, 0.6) is 0 Å². The molecule has 0 spiro atoms. The molecule has 0 saturated heterocycles. The number of hydrogen-bond donors (Lipinski definition) is 0. The molecule has 2 fully saturated rings. The van der Waals surface area contributed by atoms with Crippen molar-refractivity contribution >= 4 is 33.5 Å². The van der Waals surface area contributed by atoms with E-state index >= 15 is 0 Å². The van der Waals surface area contributed by atoms with Gasteiger partial charge in [0.15, 0.2) is 12.4 Å². The average Bonchev–Trinajstić information content (AvgIpc) is 2.52. The fourth-order valence-corrected chi connectivity index (χ4v) is 3.91. The summed E-state index contributed by atoms with van der Waals surface area (Å²) in [6.45, 7) is -0.236. The van der Waals surface area contributed by atoms with E-state index < -0.39 is 0 Å². The van der Waals surface area contributed by atoms with Crippen LogP contribution in [-0.4, -0.2) is 24.1 Å². The molecule has 0 amide bonds. The van der Waals surface area contributed by atoms with Gasteiger partial charge in [0.05, 0.1) is 5.92 Å². The van der Waals surface area contributed by atoms with E-state index in [4.69, 9.17) is 4.74 Å². The molecule has 122 valence electrons. The fourth-order valence-electron chi connectivity index (χ4n) is 3.65. The van der Waals surface area contributed by atoms with Gasteiger partial charge in [-0.25, -0.2) is 0 Å². The van der Waals surface area contributed by atoms with Crippen molar-refractivity contribution in [2.24, 2.45) is 17.8 Å². The Hall–Kier alpha value is -1.49. The number of halogens is 1. The molecule has 0 N–H and O–H groups in total. The smallest absolute Gasteiger partial charge is 0.309 e. The summed E-state index contributed by atoms with van der Waals surface area (Å²) in [7, 11) is 0. The molecule has 0 aromatic heterocycles. The van der Waals surface area contributed by atoms with Gasteiger partial charge in [0.1, 0.15) is 5.78 Å². The number of ether oxygens (including phenoxy) is 1. The maximum atomic E-state index is 12.2. The lowest BCUT2D eigenvalue weighted by Gasteiger charge is -2.36. The number of Topliss-reactive ketones (excluding diaryl/α,β-unsaturated/α-hetero) is 2. The number of benzene rings is 1. The SMILES string of the molecule is O=C(COC(=O)C1C[C@H]2CCC[C@@H](C1)C2=O)c1ccc(Br)cc1. The summed E-state index contributed by atoms with van der Waals surface area (Å²) in [6.07, 6.45) is 4.01. The van der Waals surface area contributed by atoms with E-state index in [0.717, 1.165) is 23.7 Å². The second kappa shape index (κ2) is 6.95. The molecular weight excluding hydrogens is 360 g/mol. The molecule has 23 heavy (non-hydrogen) atoms. The summed E-state index contributed by atoms with van der Waals surface area (Å²) < 4.78 is 6.11. The standard InChI is InChI=1S/C18H19BrO4/c19-15-6-4-11(5-7-15)16(20)10-23-18(22)14-8-12-2-1-3-13(9-14)17(12)21/h4-7,12-14H,1-3,8-10H2/t12-,13+,14?. The first-order chi connectivity index (χ1) is 11.0. The van der Waals surface area contributed by atoms with Crippen molar-refractivity contribution in [3.05, 3.63) is 34.3 Å². The van der Waals surface area contributed by atoms with Gasteiger partial charge in [-0.2, -0.15) is 0 Å². The minimum absolute atomic E-state index is 0.0159. The number of fused-ring (bicyclic) bond motifs is 2. The minimum Gasteiger partial charge on any atom is -0.457 e. The Morgan fingerprint density at radius 2 is 1.70 bits per heavy atom. The van der Waals surface area contributed by atoms with Crippen LogP contribution < -0.4 is 0 Å². The number of esters is 1. The lowest BCUT2D eigenvalue weighted by Crippen LogP contribution is -2.39. The van der Waals surface area contributed by atoms with Gasteiger partial charge in [0.2, 0.25) is 0 Å². The van der Waals surface area contributed by atoms with E-state index in [0.29, 0.717) is 24.2 Å². The molecule has 3 atom stereocenters. The van der Waals surface area contributed by atoms with Gasteiger partial charge in [-0.3, -0.25) is 14.4 Å². The fraction of sp³-hybridized carbons (Fsp3) is 0.500. The molecule has 4 nitrogen and oxygen atoms in total. The molecule has 1 unspecified atom stereocenters. The van der Waals surface area contributed by atoms with Crippen LogP contribution in [0.3, 0.4) is 0 Å². The van der Waals surface area contributed by atoms with E-state index in [-0.39, 0.29) is 36.1 Å². The molecule has 2 aliphatic carbocycles. The molecule has 2 aliphatic rings. The van der Waals surface area contributed by atoms with Crippen LogP contribution in [-0.2, 0) is 14.3 Å². The number of hydrogen-bond acceptors (Lipinski definition) is 4. The number of ketones is 2. The van der Waals surface area contributed by atoms with E-state index in [1.807, 2.05) is 0 Å². The highest BCUT2D eigenvalue weighted by molar-refractivity contribution is 9.10. The summed E-state index contributed by atoms with van der Waals surface area (Å²) in [5.41, 5.74) is 0.525. The topological polar surface area (TPSA) is 60.4 Å². The Morgan fingerprint density at radius 3 is 2.30 bits per heavy atom. The van der Waals surface area contributed by atoms with Crippen LogP contribution in [0.15, 0.2) is 28.7 Å². The third kappa shape index (κ3) is 3.71. The molecule has 0 radical (unpaired) electrons. The lowest BCUT2D eigenvalue weighted by atomic mass is 9.67. The van der Waals surface area contributed by atoms with Crippen LogP contribution in [0.1, 0.15) is 42.5 Å². The van der Waals surface area contributed by atoms with E-state index in [9.17, 15) is 14.4 Å². The number of carbonyl (C=O) groups is 3. The van der Waals surface area contributed by atoms with Gasteiger partial charge in [0, 0.05) is 21.9 Å². The third-order valence-electron chi connectivity index (χ3n) is 4.89. The third-order valence-corrected chi connectivity index (χ3v) is 5.42. The zero-order valence-electron chi connectivity index (χ0n) is 12.8. The number of rotatable bonds is 4. The Balaban J connectivity index is 1.54. The van der Waals surface area contributed by atoms with Crippen molar-refractivity contribution in [1.29, 1.82) is 0 Å². The average molecular weight is 379 g/mol. The Kier molecular flexibility index (Phi) is 4.95. The largest absolute Gasteiger partial charge is 0.457 e. The molecule has 0 heterocycles. The summed E-state index contributed by atoms with van der Waals surface area (Å²) in [6, 6.07) is 6.96. The van der Waals surface area contributed by atoms with Crippen LogP contribution >= 0.6 is 15.9 Å². The van der Waals surface area contributed by atoms with Crippen molar-refractivity contribution < 1.29 is 19.1 Å². The molecule has 3 rings (SSSR count). The lowest BCUT2D eigenvalue weighted by molar-refractivity contribution is -0.152. The zero-order chi connectivity index (χ0) is 16.4. The quantitative estimate of drug-likeness (QED) is 0.593. The van der Waals surface area contributed by atoms with Gasteiger partial charge in [-0.05, 0) is 37.8 Å². The van der Waals surface area contributed by atoms with Crippen molar-refractivity contribution in [1.82, 2.24) is 0 Å². The van der Waals surface area contributed by atoms with Crippen molar-refractivity contribution in [3.8, 4) is 0 Å². The Morgan fingerprint density at radius 1 is 1.09 bits per heavy atom. The Bertz CT molecular complexity index is 606. The van der Waals surface area contributed by atoms with Crippen molar-refractivity contribution in [2.45, 2.75) is 32.1 Å². The van der Waals surface area contributed by atoms with E-state index in [2.05, 4.69) is 15.9 Å². The summed E-state index contributed by atoms with van der Waals surface area (Å²) in [5.74, 6) is -0.422. The van der Waals surface area contributed by atoms with Gasteiger partial charge in [-0.15, -0.1) is 0 Å². The number of carbonyl (C=O) groups excluding carboxylic acids is 3. The normalized spacial score (nSPS) is 26.7. The van der Waals surface area contributed by atoms with E-state index in [1.165, 1.54) is 0 Å². The first-order valence-corrected chi connectivity index (χ1v) is 8.83. The zero-order valence-corrected chi connectivity index (χ0v) is 14.4. The molecular formula is C18H19BrO4.